The molecule has 0 radical (unpaired) electrons. The second-order valence-electron chi connectivity index (χ2n) is 7.39. The Morgan fingerprint density at radius 3 is 2.44 bits per heavy atom. The van der Waals surface area contributed by atoms with Gasteiger partial charge in [0.1, 0.15) is 11.4 Å². The highest BCUT2D eigenvalue weighted by molar-refractivity contribution is 5.73. The maximum absolute atomic E-state index is 12.8. The summed E-state index contributed by atoms with van der Waals surface area (Å²) in [6, 6.07) is 5.84. The van der Waals surface area contributed by atoms with Gasteiger partial charge in [0, 0.05) is 12.5 Å². The smallest absolute Gasteiger partial charge is 0.407 e. The van der Waals surface area contributed by atoms with Crippen LogP contribution in [-0.4, -0.2) is 30.3 Å². The number of ether oxygens (including phenoxy) is 2. The lowest BCUT2D eigenvalue weighted by molar-refractivity contribution is -0.144. The molecule has 2 rings (SSSR count). The number of hydrogen-bond donors (Lipinski definition) is 1. The highest BCUT2D eigenvalue weighted by Gasteiger charge is 2.35. The maximum atomic E-state index is 12.8. The first-order valence-corrected chi connectivity index (χ1v) is 8.62. The summed E-state index contributed by atoms with van der Waals surface area (Å²) >= 11 is 0. The first kappa shape index (κ1) is 19.2. The zero-order chi connectivity index (χ0) is 18.4. The molecular formula is C19H26FNO4. The lowest BCUT2D eigenvalue weighted by atomic mass is 10.1. The Kier molecular flexibility index (Phi) is 6.39. The van der Waals surface area contributed by atoms with Crippen molar-refractivity contribution in [1.82, 2.24) is 5.32 Å². The van der Waals surface area contributed by atoms with E-state index in [-0.39, 0.29) is 30.9 Å². The van der Waals surface area contributed by atoms with Gasteiger partial charge in [-0.25, -0.2) is 9.18 Å². The van der Waals surface area contributed by atoms with Crippen LogP contribution < -0.4 is 5.32 Å². The molecule has 1 aliphatic rings. The molecule has 1 atom stereocenters. The van der Waals surface area contributed by atoms with Gasteiger partial charge in [-0.3, -0.25) is 4.79 Å². The molecule has 1 fully saturated rings. The summed E-state index contributed by atoms with van der Waals surface area (Å²) < 4.78 is 23.3. The van der Waals surface area contributed by atoms with Crippen molar-refractivity contribution in [3.63, 3.8) is 0 Å². The molecule has 1 aromatic carbocycles. The fourth-order valence-electron chi connectivity index (χ4n) is 2.47. The molecule has 1 aliphatic carbocycles. The minimum Gasteiger partial charge on any atom is -0.465 e. The molecule has 0 aromatic heterocycles. The summed E-state index contributed by atoms with van der Waals surface area (Å²) in [7, 11) is 0. The maximum Gasteiger partial charge on any atom is 0.407 e. The number of carbonyl (C=O) groups is 2. The Bertz CT molecular complexity index is 590. The predicted octanol–water partition coefficient (Wildman–Crippen LogP) is 3.60. The minimum atomic E-state index is -0.576. The van der Waals surface area contributed by atoms with Gasteiger partial charge in [-0.1, -0.05) is 12.1 Å². The van der Waals surface area contributed by atoms with Crippen LogP contribution in [0.3, 0.4) is 0 Å². The fraction of sp³-hybridized carbons (Fsp3) is 0.579. The van der Waals surface area contributed by atoms with E-state index in [1.165, 1.54) is 12.1 Å². The molecule has 5 nitrogen and oxygen atoms in total. The van der Waals surface area contributed by atoms with E-state index in [0.29, 0.717) is 12.3 Å². The molecule has 0 aliphatic heterocycles. The van der Waals surface area contributed by atoms with E-state index in [9.17, 15) is 14.0 Å². The average Bonchev–Trinajstić information content (AvgIpc) is 3.31. The van der Waals surface area contributed by atoms with E-state index >= 15 is 0 Å². The Morgan fingerprint density at radius 1 is 1.24 bits per heavy atom. The largest absolute Gasteiger partial charge is 0.465 e. The number of esters is 1. The zero-order valence-corrected chi connectivity index (χ0v) is 15.0. The van der Waals surface area contributed by atoms with Crippen molar-refractivity contribution in [3.05, 3.63) is 35.6 Å². The van der Waals surface area contributed by atoms with Crippen molar-refractivity contribution in [1.29, 1.82) is 0 Å². The highest BCUT2D eigenvalue weighted by Crippen LogP contribution is 2.34. The van der Waals surface area contributed by atoms with Crippen LogP contribution in [0.1, 0.15) is 45.6 Å². The molecule has 1 saturated carbocycles. The molecule has 0 heterocycles. The summed E-state index contributed by atoms with van der Waals surface area (Å²) in [5.74, 6) is -0.339. The lowest BCUT2D eigenvalue weighted by Gasteiger charge is -2.23. The normalized spacial score (nSPS) is 15.4. The molecule has 6 heteroatoms. The van der Waals surface area contributed by atoms with E-state index in [2.05, 4.69) is 5.32 Å². The Balaban J connectivity index is 1.74. The SMILES string of the molecule is CC(C)(C)OC(=O)NC(CC(=O)OCCc1ccc(F)cc1)C1CC1. The van der Waals surface area contributed by atoms with Crippen molar-refractivity contribution >= 4 is 12.1 Å². The van der Waals surface area contributed by atoms with E-state index in [1.54, 1.807) is 32.9 Å². The number of halogens is 1. The lowest BCUT2D eigenvalue weighted by Crippen LogP contribution is -2.41. The van der Waals surface area contributed by atoms with Gasteiger partial charge in [-0.2, -0.15) is 0 Å². The van der Waals surface area contributed by atoms with Crippen molar-refractivity contribution in [2.24, 2.45) is 5.92 Å². The Hall–Kier alpha value is -2.11. The number of hydrogen-bond acceptors (Lipinski definition) is 4. The summed E-state index contributed by atoms with van der Waals surface area (Å²) in [4.78, 5) is 23.9. The zero-order valence-electron chi connectivity index (χ0n) is 15.0. The molecule has 1 aromatic rings. The number of rotatable bonds is 7. The average molecular weight is 351 g/mol. The van der Waals surface area contributed by atoms with Crippen LogP contribution >= 0.6 is 0 Å². The van der Waals surface area contributed by atoms with Gasteiger partial charge in [0.15, 0.2) is 0 Å². The fourth-order valence-corrected chi connectivity index (χ4v) is 2.47. The van der Waals surface area contributed by atoms with Crippen molar-refractivity contribution in [2.45, 2.75) is 58.1 Å². The van der Waals surface area contributed by atoms with Gasteiger partial charge >= 0.3 is 12.1 Å². The standard InChI is InChI=1S/C19H26FNO4/c1-19(2,3)25-18(23)21-16(14-6-7-14)12-17(22)24-11-10-13-4-8-15(20)9-5-13/h4-5,8-9,14,16H,6-7,10-12H2,1-3H3,(H,21,23). The van der Waals surface area contributed by atoms with Gasteiger partial charge in [0.05, 0.1) is 13.0 Å². The Labute approximate surface area is 147 Å². The van der Waals surface area contributed by atoms with Crippen LogP contribution in [0.15, 0.2) is 24.3 Å². The summed E-state index contributed by atoms with van der Waals surface area (Å²) in [5, 5.41) is 2.78. The van der Waals surface area contributed by atoms with Crippen LogP contribution in [0.25, 0.3) is 0 Å². The van der Waals surface area contributed by atoms with Crippen LogP contribution in [-0.2, 0) is 20.7 Å². The predicted molar refractivity (Wildman–Crippen MR) is 91.6 cm³/mol. The van der Waals surface area contributed by atoms with Gasteiger partial charge in [-0.05, 0) is 57.2 Å². The highest BCUT2D eigenvalue weighted by atomic mass is 19.1. The van der Waals surface area contributed by atoms with Gasteiger partial charge in [0.2, 0.25) is 0 Å². The molecule has 138 valence electrons. The minimum absolute atomic E-state index is 0.132. The van der Waals surface area contributed by atoms with Crippen LogP contribution in [0.2, 0.25) is 0 Å². The molecule has 0 spiro atoms. The van der Waals surface area contributed by atoms with E-state index in [0.717, 1.165) is 18.4 Å². The van der Waals surface area contributed by atoms with E-state index < -0.39 is 11.7 Å². The Morgan fingerprint density at radius 2 is 1.88 bits per heavy atom. The molecule has 1 unspecified atom stereocenters. The second kappa shape index (κ2) is 8.32. The third-order valence-corrected chi connectivity index (χ3v) is 3.85. The van der Waals surface area contributed by atoms with Crippen molar-refractivity contribution in [3.8, 4) is 0 Å². The number of alkyl carbamates (subject to hydrolysis) is 1. The summed E-state index contributed by atoms with van der Waals surface area (Å²) in [6.07, 6.45) is 2.13. The number of nitrogens with one attached hydrogen (secondary N) is 1. The second-order valence-corrected chi connectivity index (χ2v) is 7.39. The van der Waals surface area contributed by atoms with Crippen LogP contribution in [0.4, 0.5) is 9.18 Å². The number of carbonyl (C=O) groups excluding carboxylic acids is 2. The first-order chi connectivity index (χ1) is 11.7. The quantitative estimate of drug-likeness (QED) is 0.762. The monoisotopic (exact) mass is 351 g/mol. The van der Waals surface area contributed by atoms with Crippen LogP contribution in [0, 0.1) is 11.7 Å². The van der Waals surface area contributed by atoms with Crippen molar-refractivity contribution < 1.29 is 23.5 Å². The molecule has 25 heavy (non-hydrogen) atoms. The van der Waals surface area contributed by atoms with Crippen LogP contribution in [0.5, 0.6) is 0 Å². The molecule has 0 bridgehead atoms. The topological polar surface area (TPSA) is 64.6 Å². The molecule has 1 N–H and O–H groups in total. The van der Waals surface area contributed by atoms with Crippen molar-refractivity contribution in [2.75, 3.05) is 6.61 Å². The molecule has 0 saturated heterocycles. The molecular weight excluding hydrogens is 325 g/mol. The van der Waals surface area contributed by atoms with E-state index in [1.807, 2.05) is 0 Å². The third kappa shape index (κ3) is 7.54. The number of amides is 1. The third-order valence-electron chi connectivity index (χ3n) is 3.85. The van der Waals surface area contributed by atoms with Gasteiger partial charge in [-0.15, -0.1) is 0 Å². The van der Waals surface area contributed by atoms with E-state index in [4.69, 9.17) is 9.47 Å². The van der Waals surface area contributed by atoms with Gasteiger partial charge < -0.3 is 14.8 Å². The van der Waals surface area contributed by atoms with Gasteiger partial charge in [0.25, 0.3) is 0 Å². The first-order valence-electron chi connectivity index (χ1n) is 8.62. The number of benzene rings is 1. The molecule has 1 amide bonds. The summed E-state index contributed by atoms with van der Waals surface area (Å²) in [6.45, 7) is 5.61. The summed E-state index contributed by atoms with van der Waals surface area (Å²) in [5.41, 5.74) is 0.327.